The van der Waals surface area contributed by atoms with Gasteiger partial charge in [0, 0.05) is 14.1 Å². The van der Waals surface area contributed by atoms with Crippen molar-refractivity contribution in [1.82, 2.24) is 24.9 Å². The van der Waals surface area contributed by atoms with Gasteiger partial charge in [-0.25, -0.2) is 9.48 Å². The minimum Gasteiger partial charge on any atom is -0.478 e. The van der Waals surface area contributed by atoms with Gasteiger partial charge in [-0.1, -0.05) is 0 Å². The van der Waals surface area contributed by atoms with Crippen LogP contribution in [-0.2, 0) is 0 Å². The van der Waals surface area contributed by atoms with Gasteiger partial charge >= 0.3 is 5.97 Å². The lowest BCUT2D eigenvalue weighted by atomic mass is 10.2. The minimum atomic E-state index is -1.04. The van der Waals surface area contributed by atoms with Crippen LogP contribution in [0.4, 0.5) is 0 Å². The first-order valence-electron chi connectivity index (χ1n) is 6.18. The Morgan fingerprint density at radius 3 is 2.29 bits per heavy atom. The predicted molar refractivity (Wildman–Crippen MR) is 73.6 cm³/mol. The number of hydrogen-bond acceptors (Lipinski definition) is 5. The van der Waals surface area contributed by atoms with Gasteiger partial charge in [-0.15, -0.1) is 10.2 Å². The average Bonchev–Trinajstić information content (AvgIpc) is 2.73. The second kappa shape index (κ2) is 5.31. The lowest BCUT2D eigenvalue weighted by Crippen LogP contribution is -2.23. The second-order valence-corrected chi connectivity index (χ2v) is 4.74. The van der Waals surface area contributed by atoms with Gasteiger partial charge in [0.25, 0.3) is 5.91 Å². The molecule has 0 spiro atoms. The van der Waals surface area contributed by atoms with E-state index in [2.05, 4.69) is 15.3 Å². The SMILES string of the molecule is Cc1nn(-c2ccc(C(=O)N(C)C)nn2)c(C)c1C(=O)O. The maximum absolute atomic E-state index is 11.7. The van der Waals surface area contributed by atoms with E-state index < -0.39 is 5.97 Å². The molecule has 0 radical (unpaired) electrons. The van der Waals surface area contributed by atoms with Crippen molar-refractivity contribution < 1.29 is 14.7 Å². The number of aromatic carboxylic acids is 1. The summed E-state index contributed by atoms with van der Waals surface area (Å²) < 4.78 is 1.40. The van der Waals surface area contributed by atoms with Crippen LogP contribution in [0.3, 0.4) is 0 Å². The van der Waals surface area contributed by atoms with E-state index in [0.717, 1.165) is 0 Å². The van der Waals surface area contributed by atoms with Crippen LogP contribution in [0.5, 0.6) is 0 Å². The van der Waals surface area contributed by atoms with Crippen LogP contribution in [0.15, 0.2) is 12.1 Å². The number of hydrogen-bond donors (Lipinski definition) is 1. The highest BCUT2D eigenvalue weighted by atomic mass is 16.4. The summed E-state index contributed by atoms with van der Waals surface area (Å²) in [5.41, 5.74) is 1.21. The van der Waals surface area contributed by atoms with Gasteiger partial charge in [0.05, 0.1) is 11.4 Å². The second-order valence-electron chi connectivity index (χ2n) is 4.74. The van der Waals surface area contributed by atoms with Crippen molar-refractivity contribution in [3.63, 3.8) is 0 Å². The molecule has 2 heterocycles. The third kappa shape index (κ3) is 2.60. The van der Waals surface area contributed by atoms with Gasteiger partial charge in [-0.05, 0) is 26.0 Å². The van der Waals surface area contributed by atoms with Crippen LogP contribution in [-0.4, -0.2) is 56.0 Å². The zero-order chi connectivity index (χ0) is 15.7. The van der Waals surface area contributed by atoms with E-state index >= 15 is 0 Å². The molecular formula is C13H15N5O3. The fraction of sp³-hybridized carbons (Fsp3) is 0.308. The Bertz CT molecular complexity index is 703. The maximum atomic E-state index is 11.7. The molecule has 2 aromatic heterocycles. The molecule has 1 amide bonds. The molecule has 0 unspecified atom stereocenters. The molecular weight excluding hydrogens is 274 g/mol. The standard InChI is InChI=1S/C13H15N5O3/c1-7-11(13(20)21)8(2)18(16-7)10-6-5-9(14-15-10)12(19)17(3)4/h5-6H,1-4H3,(H,20,21). The Morgan fingerprint density at radius 2 is 1.86 bits per heavy atom. The number of carbonyl (C=O) groups is 2. The summed E-state index contributed by atoms with van der Waals surface area (Å²) in [7, 11) is 3.25. The molecule has 1 N–H and O–H groups in total. The van der Waals surface area contributed by atoms with E-state index in [9.17, 15) is 9.59 Å². The molecule has 0 saturated heterocycles. The first-order valence-corrected chi connectivity index (χ1v) is 6.18. The van der Waals surface area contributed by atoms with Gasteiger partial charge in [-0.2, -0.15) is 5.10 Å². The Morgan fingerprint density at radius 1 is 1.19 bits per heavy atom. The normalized spacial score (nSPS) is 10.5. The molecule has 0 saturated carbocycles. The quantitative estimate of drug-likeness (QED) is 0.891. The highest BCUT2D eigenvalue weighted by Crippen LogP contribution is 2.16. The number of aromatic nitrogens is 4. The summed E-state index contributed by atoms with van der Waals surface area (Å²) in [6.45, 7) is 3.26. The molecule has 8 nitrogen and oxygen atoms in total. The Kier molecular flexibility index (Phi) is 3.70. The van der Waals surface area contributed by atoms with Crippen molar-refractivity contribution in [1.29, 1.82) is 0 Å². The van der Waals surface area contributed by atoms with Crippen molar-refractivity contribution in [2.24, 2.45) is 0 Å². The molecule has 0 atom stereocenters. The van der Waals surface area contributed by atoms with Gasteiger partial charge in [0.2, 0.25) is 0 Å². The van der Waals surface area contributed by atoms with E-state index in [1.165, 1.54) is 15.6 Å². The van der Waals surface area contributed by atoms with Crippen molar-refractivity contribution >= 4 is 11.9 Å². The Hall–Kier alpha value is -2.77. The largest absolute Gasteiger partial charge is 0.478 e. The highest BCUT2D eigenvalue weighted by Gasteiger charge is 2.19. The molecule has 0 aliphatic carbocycles. The zero-order valence-electron chi connectivity index (χ0n) is 12.2. The van der Waals surface area contributed by atoms with Gasteiger partial charge in [-0.3, -0.25) is 4.79 Å². The molecule has 2 aromatic rings. The van der Waals surface area contributed by atoms with Crippen LogP contribution in [0.2, 0.25) is 0 Å². The first kappa shape index (κ1) is 14.6. The monoisotopic (exact) mass is 289 g/mol. The summed E-state index contributed by atoms with van der Waals surface area (Å²) in [4.78, 5) is 24.3. The molecule has 110 valence electrons. The average molecular weight is 289 g/mol. The third-order valence-electron chi connectivity index (χ3n) is 3.00. The maximum Gasteiger partial charge on any atom is 0.339 e. The number of amides is 1. The van der Waals surface area contributed by atoms with E-state index in [1.807, 2.05) is 0 Å². The van der Waals surface area contributed by atoms with Crippen LogP contribution >= 0.6 is 0 Å². The van der Waals surface area contributed by atoms with E-state index in [0.29, 0.717) is 17.2 Å². The lowest BCUT2D eigenvalue weighted by Gasteiger charge is -2.09. The van der Waals surface area contributed by atoms with E-state index in [-0.39, 0.29) is 17.2 Å². The topological polar surface area (TPSA) is 101 Å². The molecule has 0 aromatic carbocycles. The molecule has 2 rings (SSSR count). The summed E-state index contributed by atoms with van der Waals surface area (Å²) in [5, 5.41) is 21.1. The van der Waals surface area contributed by atoms with Crippen molar-refractivity contribution in [3.05, 3.63) is 34.8 Å². The summed E-state index contributed by atoms with van der Waals surface area (Å²) in [6, 6.07) is 3.11. The predicted octanol–water partition coefficient (Wildman–Crippen LogP) is 0.679. The molecule has 8 heteroatoms. The molecule has 0 bridgehead atoms. The Labute approximate surface area is 121 Å². The fourth-order valence-electron chi connectivity index (χ4n) is 1.96. The van der Waals surface area contributed by atoms with Crippen LogP contribution in [0, 0.1) is 13.8 Å². The van der Waals surface area contributed by atoms with Gasteiger partial charge in [0.15, 0.2) is 11.5 Å². The summed E-state index contributed by atoms with van der Waals surface area (Å²) in [6.07, 6.45) is 0. The zero-order valence-corrected chi connectivity index (χ0v) is 12.2. The van der Waals surface area contributed by atoms with Crippen LogP contribution in [0.25, 0.3) is 5.82 Å². The van der Waals surface area contributed by atoms with Crippen molar-refractivity contribution in [2.45, 2.75) is 13.8 Å². The number of nitrogens with zero attached hydrogens (tertiary/aromatic N) is 5. The van der Waals surface area contributed by atoms with Crippen LogP contribution in [0.1, 0.15) is 32.2 Å². The van der Waals surface area contributed by atoms with Gasteiger partial charge < -0.3 is 10.0 Å². The first-order chi connectivity index (χ1) is 9.82. The van der Waals surface area contributed by atoms with E-state index in [1.54, 1.807) is 34.0 Å². The number of aryl methyl sites for hydroxylation is 1. The molecule has 0 aliphatic rings. The third-order valence-corrected chi connectivity index (χ3v) is 3.00. The highest BCUT2D eigenvalue weighted by molar-refractivity contribution is 5.92. The number of rotatable bonds is 3. The van der Waals surface area contributed by atoms with E-state index in [4.69, 9.17) is 5.11 Å². The lowest BCUT2D eigenvalue weighted by molar-refractivity contribution is 0.0694. The van der Waals surface area contributed by atoms with Crippen molar-refractivity contribution in [3.8, 4) is 5.82 Å². The van der Waals surface area contributed by atoms with Crippen molar-refractivity contribution in [2.75, 3.05) is 14.1 Å². The minimum absolute atomic E-state index is 0.144. The molecule has 0 fully saturated rings. The molecule has 21 heavy (non-hydrogen) atoms. The number of carbonyl (C=O) groups excluding carboxylic acids is 1. The number of carboxylic acids is 1. The Balaban J connectivity index is 2.42. The number of carboxylic acid groups (broad SMARTS) is 1. The van der Waals surface area contributed by atoms with Crippen LogP contribution < -0.4 is 0 Å². The van der Waals surface area contributed by atoms with Gasteiger partial charge in [0.1, 0.15) is 5.56 Å². The molecule has 0 aliphatic heterocycles. The fourth-order valence-corrected chi connectivity index (χ4v) is 1.96. The summed E-state index contributed by atoms with van der Waals surface area (Å²) >= 11 is 0. The summed E-state index contributed by atoms with van der Waals surface area (Å²) in [5.74, 6) is -0.935. The smallest absolute Gasteiger partial charge is 0.339 e.